The molecule has 4 N–H and O–H groups in total. The largest absolute Gasteiger partial charge is 0.370 e. The van der Waals surface area contributed by atoms with Gasteiger partial charge in [-0.15, -0.1) is 0 Å². The fourth-order valence-corrected chi connectivity index (χ4v) is 3.44. The highest BCUT2D eigenvalue weighted by Crippen LogP contribution is 2.19. The Balaban J connectivity index is 1.80. The number of aliphatic imine (C=N–C) groups is 1. The van der Waals surface area contributed by atoms with E-state index in [4.69, 9.17) is 17.3 Å². The van der Waals surface area contributed by atoms with Crippen LogP contribution in [-0.2, 0) is 9.59 Å². The van der Waals surface area contributed by atoms with E-state index in [1.54, 1.807) is 24.3 Å². The fourth-order valence-electron chi connectivity index (χ4n) is 3.32. The molecule has 0 aliphatic carbocycles. The number of carbonyl (C=O) groups is 2. The van der Waals surface area contributed by atoms with E-state index in [2.05, 4.69) is 20.5 Å². The third-order valence-corrected chi connectivity index (χ3v) is 4.85. The quantitative estimate of drug-likeness (QED) is 0.350. The van der Waals surface area contributed by atoms with Gasteiger partial charge < -0.3 is 21.3 Å². The summed E-state index contributed by atoms with van der Waals surface area (Å²) in [5, 5.41) is 6.80. The predicted octanol–water partition coefficient (Wildman–Crippen LogP) is 2.61. The lowest BCUT2D eigenvalue weighted by atomic mass is 9.95. The van der Waals surface area contributed by atoms with Crippen LogP contribution in [0.25, 0.3) is 0 Å². The van der Waals surface area contributed by atoms with Crippen molar-refractivity contribution in [2.45, 2.75) is 39.0 Å². The van der Waals surface area contributed by atoms with Crippen molar-refractivity contribution in [3.05, 3.63) is 29.3 Å². The van der Waals surface area contributed by atoms with Gasteiger partial charge in [-0.05, 0) is 56.4 Å². The van der Waals surface area contributed by atoms with E-state index < -0.39 is 0 Å². The second-order valence-electron chi connectivity index (χ2n) is 7.02. The molecule has 1 fully saturated rings. The second kappa shape index (κ2) is 11.5. The second-order valence-corrected chi connectivity index (χ2v) is 7.46. The van der Waals surface area contributed by atoms with Crippen molar-refractivity contribution in [1.29, 1.82) is 0 Å². The SMILES string of the molecule is CCNC(=NCCCC(=O)Nc1ccc(Cl)cc1)N1CCCC(CC(N)=O)C1. The number of nitrogens with one attached hydrogen (secondary N) is 2. The maximum absolute atomic E-state index is 12.1. The highest BCUT2D eigenvalue weighted by atomic mass is 35.5. The minimum absolute atomic E-state index is 0.0398. The number of anilines is 1. The Hall–Kier alpha value is -2.28. The number of amides is 2. The van der Waals surface area contributed by atoms with Gasteiger partial charge in [-0.25, -0.2) is 0 Å². The van der Waals surface area contributed by atoms with E-state index in [1.807, 2.05) is 6.92 Å². The Morgan fingerprint density at radius 2 is 2.07 bits per heavy atom. The van der Waals surface area contributed by atoms with Gasteiger partial charge in [-0.1, -0.05) is 11.6 Å². The Morgan fingerprint density at radius 1 is 1.32 bits per heavy atom. The number of benzene rings is 1. The van der Waals surface area contributed by atoms with Gasteiger partial charge in [0.1, 0.15) is 0 Å². The van der Waals surface area contributed by atoms with Crippen LogP contribution >= 0.6 is 11.6 Å². The third kappa shape index (κ3) is 7.76. The molecule has 1 atom stereocenters. The molecule has 2 rings (SSSR count). The lowest BCUT2D eigenvalue weighted by Gasteiger charge is -2.34. The van der Waals surface area contributed by atoms with E-state index in [0.29, 0.717) is 30.8 Å². The van der Waals surface area contributed by atoms with E-state index in [1.165, 1.54) is 0 Å². The Morgan fingerprint density at radius 3 is 2.75 bits per heavy atom. The van der Waals surface area contributed by atoms with Crippen LogP contribution in [0.15, 0.2) is 29.3 Å². The van der Waals surface area contributed by atoms with Crippen LogP contribution in [0.4, 0.5) is 5.69 Å². The average Bonchev–Trinajstić information content (AvgIpc) is 2.66. The van der Waals surface area contributed by atoms with Gasteiger partial charge >= 0.3 is 0 Å². The summed E-state index contributed by atoms with van der Waals surface area (Å²) in [6.07, 6.45) is 3.51. The zero-order valence-electron chi connectivity index (χ0n) is 16.4. The molecule has 7 nitrogen and oxygen atoms in total. The number of nitrogens with two attached hydrogens (primary N) is 1. The maximum Gasteiger partial charge on any atom is 0.224 e. The standard InChI is InChI=1S/C20H30ClN5O2/c1-2-23-20(26-12-4-5-15(14-26)13-18(22)27)24-11-3-6-19(28)25-17-9-7-16(21)8-10-17/h7-10,15H,2-6,11-14H2,1H3,(H2,22,27)(H,23,24)(H,25,28). The van der Waals surface area contributed by atoms with Crippen molar-refractivity contribution in [1.82, 2.24) is 10.2 Å². The molecule has 1 aliphatic rings. The van der Waals surface area contributed by atoms with Crippen molar-refractivity contribution in [2.24, 2.45) is 16.6 Å². The van der Waals surface area contributed by atoms with Gasteiger partial charge in [0.15, 0.2) is 5.96 Å². The summed E-state index contributed by atoms with van der Waals surface area (Å²) in [7, 11) is 0. The summed E-state index contributed by atoms with van der Waals surface area (Å²) in [6.45, 7) is 5.06. The number of nitrogens with zero attached hydrogens (tertiary/aromatic N) is 2. The van der Waals surface area contributed by atoms with Crippen LogP contribution < -0.4 is 16.4 Å². The van der Waals surface area contributed by atoms with Crippen molar-refractivity contribution in [3.8, 4) is 0 Å². The number of hydrogen-bond acceptors (Lipinski definition) is 3. The number of carbonyl (C=O) groups excluding carboxylic acids is 2. The van der Waals surface area contributed by atoms with E-state index in [9.17, 15) is 9.59 Å². The van der Waals surface area contributed by atoms with Crippen molar-refractivity contribution in [3.63, 3.8) is 0 Å². The molecule has 0 saturated carbocycles. The summed E-state index contributed by atoms with van der Waals surface area (Å²) >= 11 is 5.84. The highest BCUT2D eigenvalue weighted by molar-refractivity contribution is 6.30. The van der Waals surface area contributed by atoms with Gasteiger partial charge in [-0.2, -0.15) is 0 Å². The number of likely N-dealkylation sites (tertiary alicyclic amines) is 1. The Kier molecular flexibility index (Phi) is 9.07. The Bertz CT molecular complexity index is 678. The third-order valence-electron chi connectivity index (χ3n) is 4.59. The van der Waals surface area contributed by atoms with Crippen LogP contribution in [0.2, 0.25) is 5.02 Å². The zero-order chi connectivity index (χ0) is 20.4. The fraction of sp³-hybridized carbons (Fsp3) is 0.550. The van der Waals surface area contributed by atoms with Gasteiger partial charge in [0.25, 0.3) is 0 Å². The molecular weight excluding hydrogens is 378 g/mol. The van der Waals surface area contributed by atoms with Crippen LogP contribution in [0.5, 0.6) is 0 Å². The number of rotatable bonds is 8. The average molecular weight is 408 g/mol. The molecule has 2 amide bonds. The van der Waals surface area contributed by atoms with Gasteiger partial charge in [-0.3, -0.25) is 14.6 Å². The normalized spacial score (nSPS) is 17.3. The predicted molar refractivity (Wildman–Crippen MR) is 113 cm³/mol. The van der Waals surface area contributed by atoms with Crippen molar-refractivity contribution >= 4 is 35.1 Å². The molecule has 1 aromatic rings. The smallest absolute Gasteiger partial charge is 0.224 e. The molecule has 0 radical (unpaired) electrons. The van der Waals surface area contributed by atoms with E-state index >= 15 is 0 Å². The number of primary amides is 1. The van der Waals surface area contributed by atoms with E-state index in [0.717, 1.165) is 44.1 Å². The van der Waals surface area contributed by atoms with Gasteiger partial charge in [0.2, 0.25) is 11.8 Å². The summed E-state index contributed by atoms with van der Waals surface area (Å²) < 4.78 is 0. The van der Waals surface area contributed by atoms with E-state index in [-0.39, 0.29) is 17.7 Å². The molecule has 154 valence electrons. The number of guanidine groups is 1. The molecular formula is C20H30ClN5O2. The topological polar surface area (TPSA) is 99.8 Å². The first-order valence-electron chi connectivity index (χ1n) is 9.85. The maximum atomic E-state index is 12.1. The molecule has 1 unspecified atom stereocenters. The lowest BCUT2D eigenvalue weighted by Crippen LogP contribution is -2.47. The van der Waals surface area contributed by atoms with Crippen LogP contribution in [0.3, 0.4) is 0 Å². The van der Waals surface area contributed by atoms with Crippen LogP contribution in [0.1, 0.15) is 39.0 Å². The molecule has 0 aromatic heterocycles. The molecule has 0 bridgehead atoms. The summed E-state index contributed by atoms with van der Waals surface area (Å²) in [5.74, 6) is 0.831. The summed E-state index contributed by atoms with van der Waals surface area (Å²) in [6, 6.07) is 7.05. The first kappa shape index (κ1) is 22.0. The molecule has 1 heterocycles. The molecule has 1 saturated heterocycles. The number of halogens is 1. The summed E-state index contributed by atoms with van der Waals surface area (Å²) in [4.78, 5) is 30.1. The van der Waals surface area contributed by atoms with Crippen molar-refractivity contribution in [2.75, 3.05) is 31.5 Å². The lowest BCUT2D eigenvalue weighted by molar-refractivity contribution is -0.119. The molecule has 28 heavy (non-hydrogen) atoms. The monoisotopic (exact) mass is 407 g/mol. The number of hydrogen-bond donors (Lipinski definition) is 3. The van der Waals surface area contributed by atoms with Crippen LogP contribution in [-0.4, -0.2) is 48.9 Å². The molecule has 0 spiro atoms. The Labute approximate surface area is 171 Å². The summed E-state index contributed by atoms with van der Waals surface area (Å²) in [5.41, 5.74) is 6.08. The first-order valence-corrected chi connectivity index (χ1v) is 10.2. The molecule has 1 aliphatic heterocycles. The molecule has 1 aromatic carbocycles. The zero-order valence-corrected chi connectivity index (χ0v) is 17.2. The number of piperidine rings is 1. The van der Waals surface area contributed by atoms with Gasteiger partial charge in [0, 0.05) is 49.7 Å². The minimum atomic E-state index is -0.250. The van der Waals surface area contributed by atoms with Crippen molar-refractivity contribution < 1.29 is 9.59 Å². The van der Waals surface area contributed by atoms with Gasteiger partial charge in [0.05, 0.1) is 0 Å². The molecule has 8 heteroatoms. The minimum Gasteiger partial charge on any atom is -0.370 e. The first-order chi connectivity index (χ1) is 13.5. The van der Waals surface area contributed by atoms with Crippen LogP contribution in [0, 0.1) is 5.92 Å². The highest BCUT2D eigenvalue weighted by Gasteiger charge is 2.23.